The van der Waals surface area contributed by atoms with Crippen LogP contribution in [0.2, 0.25) is 0 Å². The SMILES string of the molecule is CCS(=O)(=O)N(CC(=O)N(Cc1ccc(C)cc1)C1CCN(C(=O)Nc2c(C)cccc2C)CC1)CC(C)C. The molecule has 1 N–H and O–H groups in total. The van der Waals surface area contributed by atoms with E-state index >= 15 is 0 Å². The largest absolute Gasteiger partial charge is 0.334 e. The molecular weight excluding hydrogens is 512 g/mol. The molecule has 214 valence electrons. The van der Waals surface area contributed by atoms with Gasteiger partial charge in [-0.15, -0.1) is 0 Å². The van der Waals surface area contributed by atoms with Gasteiger partial charge in [0.1, 0.15) is 0 Å². The molecule has 3 amide bonds. The molecule has 1 fully saturated rings. The van der Waals surface area contributed by atoms with Crippen molar-refractivity contribution in [3.05, 3.63) is 64.7 Å². The van der Waals surface area contributed by atoms with Gasteiger partial charge in [0, 0.05) is 37.9 Å². The van der Waals surface area contributed by atoms with Crippen molar-refractivity contribution in [2.75, 3.05) is 37.2 Å². The number of anilines is 1. The van der Waals surface area contributed by atoms with E-state index in [2.05, 4.69) is 5.32 Å². The van der Waals surface area contributed by atoms with Gasteiger partial charge in [-0.1, -0.05) is 61.9 Å². The summed E-state index contributed by atoms with van der Waals surface area (Å²) in [5.41, 5.74) is 5.00. The minimum absolute atomic E-state index is 0.0428. The van der Waals surface area contributed by atoms with Crippen LogP contribution in [0.4, 0.5) is 10.5 Å². The summed E-state index contributed by atoms with van der Waals surface area (Å²) in [5, 5.41) is 3.06. The summed E-state index contributed by atoms with van der Waals surface area (Å²) >= 11 is 0. The number of aryl methyl sites for hydroxylation is 3. The van der Waals surface area contributed by atoms with Crippen LogP contribution in [0.5, 0.6) is 0 Å². The summed E-state index contributed by atoms with van der Waals surface area (Å²) < 4.78 is 26.9. The Bertz CT molecular complexity index is 1220. The minimum atomic E-state index is -3.53. The Morgan fingerprint density at radius 3 is 2.13 bits per heavy atom. The topological polar surface area (TPSA) is 90.0 Å². The van der Waals surface area contributed by atoms with Crippen molar-refractivity contribution >= 4 is 27.6 Å². The molecule has 1 aliphatic rings. The Morgan fingerprint density at radius 1 is 1.00 bits per heavy atom. The van der Waals surface area contributed by atoms with Gasteiger partial charge in [0.25, 0.3) is 0 Å². The number of carbonyl (C=O) groups is 2. The molecular formula is C30H44N4O4S. The van der Waals surface area contributed by atoms with Crippen molar-refractivity contribution in [2.24, 2.45) is 5.92 Å². The average molecular weight is 557 g/mol. The summed E-state index contributed by atoms with van der Waals surface area (Å²) in [7, 11) is -3.53. The summed E-state index contributed by atoms with van der Waals surface area (Å²) in [4.78, 5) is 30.4. The number of para-hydroxylation sites is 1. The quantitative estimate of drug-likeness (QED) is 0.449. The van der Waals surface area contributed by atoms with Gasteiger partial charge in [-0.2, -0.15) is 4.31 Å². The molecule has 3 rings (SSSR count). The van der Waals surface area contributed by atoms with E-state index < -0.39 is 10.0 Å². The number of sulfonamides is 1. The van der Waals surface area contributed by atoms with Crippen molar-refractivity contribution in [3.8, 4) is 0 Å². The molecule has 0 spiro atoms. The van der Waals surface area contributed by atoms with Gasteiger partial charge in [-0.3, -0.25) is 4.79 Å². The fourth-order valence-corrected chi connectivity index (χ4v) is 6.19. The molecule has 2 aromatic rings. The summed E-state index contributed by atoms with van der Waals surface area (Å²) in [6.45, 7) is 13.0. The highest BCUT2D eigenvalue weighted by atomic mass is 32.2. The molecule has 0 radical (unpaired) electrons. The lowest BCUT2D eigenvalue weighted by Gasteiger charge is -2.39. The number of hydrogen-bond donors (Lipinski definition) is 1. The highest BCUT2D eigenvalue weighted by molar-refractivity contribution is 7.89. The van der Waals surface area contributed by atoms with E-state index in [1.807, 2.05) is 82.0 Å². The fraction of sp³-hybridized carbons (Fsp3) is 0.533. The summed E-state index contributed by atoms with van der Waals surface area (Å²) in [5.74, 6) is -0.145. The molecule has 0 aromatic heterocycles. The number of urea groups is 1. The number of piperidine rings is 1. The van der Waals surface area contributed by atoms with Crippen molar-refractivity contribution in [1.29, 1.82) is 0 Å². The van der Waals surface area contributed by atoms with E-state index in [4.69, 9.17) is 0 Å². The Balaban J connectivity index is 1.75. The maximum absolute atomic E-state index is 13.7. The summed E-state index contributed by atoms with van der Waals surface area (Å²) in [6.07, 6.45) is 1.25. The van der Waals surface area contributed by atoms with Crippen LogP contribution in [0.25, 0.3) is 0 Å². The first-order valence-electron chi connectivity index (χ1n) is 13.9. The molecule has 2 aromatic carbocycles. The van der Waals surface area contributed by atoms with E-state index in [1.165, 1.54) is 4.31 Å². The zero-order valence-corrected chi connectivity index (χ0v) is 25.1. The molecule has 8 nitrogen and oxygen atoms in total. The van der Waals surface area contributed by atoms with Crippen LogP contribution < -0.4 is 5.32 Å². The third kappa shape index (κ3) is 8.29. The van der Waals surface area contributed by atoms with Gasteiger partial charge in [0.05, 0.1) is 12.3 Å². The lowest BCUT2D eigenvalue weighted by atomic mass is 10.0. The normalized spacial score (nSPS) is 14.6. The monoisotopic (exact) mass is 556 g/mol. The van der Waals surface area contributed by atoms with Gasteiger partial charge in [-0.05, 0) is 63.1 Å². The number of likely N-dealkylation sites (tertiary alicyclic amines) is 1. The molecule has 1 saturated heterocycles. The lowest BCUT2D eigenvalue weighted by molar-refractivity contribution is -0.135. The van der Waals surface area contributed by atoms with Gasteiger partial charge in [0.15, 0.2) is 0 Å². The van der Waals surface area contributed by atoms with Gasteiger partial charge < -0.3 is 15.1 Å². The van der Waals surface area contributed by atoms with Crippen LogP contribution in [-0.2, 0) is 21.4 Å². The molecule has 1 heterocycles. The maximum Gasteiger partial charge on any atom is 0.321 e. The number of nitrogens with one attached hydrogen (secondary N) is 1. The number of nitrogens with zero attached hydrogens (tertiary/aromatic N) is 3. The molecule has 0 unspecified atom stereocenters. The van der Waals surface area contributed by atoms with E-state index in [0.717, 1.165) is 27.9 Å². The van der Waals surface area contributed by atoms with Crippen LogP contribution in [0, 0.1) is 26.7 Å². The second-order valence-corrected chi connectivity index (χ2v) is 13.3. The van der Waals surface area contributed by atoms with Gasteiger partial charge in [0.2, 0.25) is 15.9 Å². The van der Waals surface area contributed by atoms with E-state index in [0.29, 0.717) is 39.0 Å². The number of hydrogen-bond acceptors (Lipinski definition) is 4. The van der Waals surface area contributed by atoms with Crippen molar-refractivity contribution in [1.82, 2.24) is 14.1 Å². The summed E-state index contributed by atoms with van der Waals surface area (Å²) in [6, 6.07) is 13.8. The molecule has 0 atom stereocenters. The molecule has 9 heteroatoms. The third-order valence-corrected chi connectivity index (χ3v) is 9.13. The van der Waals surface area contributed by atoms with E-state index in [9.17, 15) is 18.0 Å². The minimum Gasteiger partial charge on any atom is -0.334 e. The molecule has 0 bridgehead atoms. The highest BCUT2D eigenvalue weighted by Gasteiger charge is 2.33. The van der Waals surface area contributed by atoms with Crippen LogP contribution in [0.3, 0.4) is 0 Å². The van der Waals surface area contributed by atoms with E-state index in [1.54, 1.807) is 11.8 Å². The van der Waals surface area contributed by atoms with Crippen LogP contribution in [0.15, 0.2) is 42.5 Å². The Hall–Kier alpha value is -2.91. The zero-order valence-electron chi connectivity index (χ0n) is 24.2. The molecule has 1 aliphatic heterocycles. The fourth-order valence-electron chi connectivity index (χ4n) is 5.00. The molecule has 39 heavy (non-hydrogen) atoms. The van der Waals surface area contributed by atoms with Crippen molar-refractivity contribution in [3.63, 3.8) is 0 Å². The predicted molar refractivity (Wildman–Crippen MR) is 157 cm³/mol. The smallest absolute Gasteiger partial charge is 0.321 e. The first-order chi connectivity index (χ1) is 18.4. The van der Waals surface area contributed by atoms with Crippen LogP contribution in [0.1, 0.15) is 55.9 Å². The van der Waals surface area contributed by atoms with Crippen LogP contribution >= 0.6 is 0 Å². The first kappa shape index (κ1) is 30.6. The lowest BCUT2D eigenvalue weighted by Crippen LogP contribution is -2.52. The predicted octanol–water partition coefficient (Wildman–Crippen LogP) is 4.94. The van der Waals surface area contributed by atoms with Gasteiger partial charge >= 0.3 is 6.03 Å². The standard InChI is InChI=1S/C30H44N4O4S/c1-7-39(37,38)33(19-22(2)3)21-28(35)34(20-26-13-11-23(4)12-14-26)27-15-17-32(18-16-27)30(36)31-29-24(5)9-8-10-25(29)6/h8-14,22,27H,7,15-21H2,1-6H3,(H,31,36). The number of benzene rings is 2. The maximum atomic E-state index is 13.7. The second-order valence-electron chi connectivity index (χ2n) is 11.0. The number of amides is 3. The van der Waals surface area contributed by atoms with Crippen LogP contribution in [-0.4, -0.2) is 72.4 Å². The zero-order chi connectivity index (χ0) is 28.7. The average Bonchev–Trinajstić information content (AvgIpc) is 2.89. The van der Waals surface area contributed by atoms with Gasteiger partial charge in [-0.25, -0.2) is 13.2 Å². The van der Waals surface area contributed by atoms with Crippen molar-refractivity contribution in [2.45, 2.75) is 67.0 Å². The first-order valence-corrected chi connectivity index (χ1v) is 15.5. The van der Waals surface area contributed by atoms with E-state index in [-0.39, 0.29) is 36.2 Å². The Morgan fingerprint density at radius 2 is 1.59 bits per heavy atom. The highest BCUT2D eigenvalue weighted by Crippen LogP contribution is 2.24. The molecule has 0 saturated carbocycles. The molecule has 0 aliphatic carbocycles. The number of rotatable bonds is 10. The Labute approximate surface area is 234 Å². The number of carbonyl (C=O) groups excluding carboxylic acids is 2. The van der Waals surface area contributed by atoms with Crippen molar-refractivity contribution < 1.29 is 18.0 Å². The third-order valence-electron chi connectivity index (χ3n) is 7.34. The Kier molecular flexibility index (Phi) is 10.6. The second kappa shape index (κ2) is 13.4.